The van der Waals surface area contributed by atoms with E-state index < -0.39 is 0 Å². The summed E-state index contributed by atoms with van der Waals surface area (Å²) in [5.41, 5.74) is 1.40. The van der Waals surface area contributed by atoms with Gasteiger partial charge in [-0.05, 0) is 23.8 Å². The molecule has 1 aromatic carbocycles. The van der Waals surface area contributed by atoms with E-state index >= 15 is 0 Å². The van der Waals surface area contributed by atoms with E-state index in [9.17, 15) is 4.79 Å². The number of hydrogen-bond donors (Lipinski definition) is 2. The number of morpholine rings is 1. The largest absolute Gasteiger partial charge is 0.379 e. The molecule has 1 amide bonds. The van der Waals surface area contributed by atoms with E-state index in [1.807, 2.05) is 24.3 Å². The van der Waals surface area contributed by atoms with Crippen molar-refractivity contribution in [1.29, 1.82) is 0 Å². The van der Waals surface area contributed by atoms with Crippen molar-refractivity contribution >= 4 is 23.5 Å². The molecule has 0 radical (unpaired) electrons. The highest BCUT2D eigenvalue weighted by Crippen LogP contribution is 2.10. The summed E-state index contributed by atoms with van der Waals surface area (Å²) in [5.74, 6) is 0.219. The van der Waals surface area contributed by atoms with Crippen LogP contribution >= 0.6 is 11.6 Å². The molecule has 8 heteroatoms. The summed E-state index contributed by atoms with van der Waals surface area (Å²) in [6.07, 6.45) is 1.58. The molecule has 0 aliphatic carbocycles. The van der Waals surface area contributed by atoms with E-state index in [0.717, 1.165) is 38.4 Å². The van der Waals surface area contributed by atoms with Crippen LogP contribution in [0, 0.1) is 0 Å². The fourth-order valence-electron chi connectivity index (χ4n) is 2.60. The van der Waals surface area contributed by atoms with Crippen LogP contribution in [0.25, 0.3) is 0 Å². The lowest BCUT2D eigenvalue weighted by Crippen LogP contribution is -2.41. The van der Waals surface area contributed by atoms with Crippen molar-refractivity contribution in [1.82, 2.24) is 20.2 Å². The molecule has 1 saturated heterocycles. The monoisotopic (exact) mass is 375 g/mol. The number of benzene rings is 1. The second kappa shape index (κ2) is 9.47. The first-order valence-corrected chi connectivity index (χ1v) is 8.98. The zero-order chi connectivity index (χ0) is 18.2. The number of carbonyl (C=O) groups is 1. The Morgan fingerprint density at radius 1 is 1.19 bits per heavy atom. The quantitative estimate of drug-likeness (QED) is 0.768. The zero-order valence-electron chi connectivity index (χ0n) is 14.4. The highest BCUT2D eigenvalue weighted by molar-refractivity contribution is 6.30. The maximum absolute atomic E-state index is 12.3. The van der Waals surface area contributed by atoms with Crippen LogP contribution in [0.3, 0.4) is 0 Å². The van der Waals surface area contributed by atoms with Crippen molar-refractivity contribution in [2.75, 3.05) is 44.7 Å². The van der Waals surface area contributed by atoms with E-state index in [1.165, 1.54) is 0 Å². The van der Waals surface area contributed by atoms with E-state index in [1.54, 1.807) is 12.3 Å². The molecule has 2 aromatic rings. The van der Waals surface area contributed by atoms with Gasteiger partial charge in [-0.3, -0.25) is 9.69 Å². The molecule has 0 saturated carbocycles. The van der Waals surface area contributed by atoms with Gasteiger partial charge in [0.15, 0.2) is 0 Å². The van der Waals surface area contributed by atoms with Gasteiger partial charge in [0, 0.05) is 43.9 Å². The molecule has 7 nitrogen and oxygen atoms in total. The van der Waals surface area contributed by atoms with Gasteiger partial charge in [-0.15, -0.1) is 0 Å². The molecule has 2 heterocycles. The molecule has 138 valence electrons. The van der Waals surface area contributed by atoms with Crippen molar-refractivity contribution in [3.8, 4) is 0 Å². The zero-order valence-corrected chi connectivity index (χ0v) is 15.2. The minimum atomic E-state index is -0.199. The maximum atomic E-state index is 12.3. The molecule has 0 bridgehead atoms. The number of anilines is 1. The highest BCUT2D eigenvalue weighted by Gasteiger charge is 2.12. The summed E-state index contributed by atoms with van der Waals surface area (Å²) in [5, 5.41) is 6.71. The van der Waals surface area contributed by atoms with Crippen molar-refractivity contribution in [3.63, 3.8) is 0 Å². The van der Waals surface area contributed by atoms with Crippen molar-refractivity contribution in [2.45, 2.75) is 6.54 Å². The van der Waals surface area contributed by atoms with Crippen LogP contribution in [-0.2, 0) is 11.3 Å². The predicted octanol–water partition coefficient (Wildman–Crippen LogP) is 1.80. The van der Waals surface area contributed by atoms with Crippen LogP contribution in [0.15, 0.2) is 36.5 Å². The Morgan fingerprint density at radius 2 is 1.96 bits per heavy atom. The Labute approximate surface area is 157 Å². The third-order valence-electron chi connectivity index (χ3n) is 4.07. The van der Waals surface area contributed by atoms with Gasteiger partial charge >= 0.3 is 0 Å². The average Bonchev–Trinajstić information content (AvgIpc) is 2.68. The van der Waals surface area contributed by atoms with Gasteiger partial charge in [0.25, 0.3) is 5.91 Å². The number of nitrogens with zero attached hydrogens (tertiary/aromatic N) is 3. The highest BCUT2D eigenvalue weighted by atomic mass is 35.5. The third kappa shape index (κ3) is 5.66. The lowest BCUT2D eigenvalue weighted by molar-refractivity contribution is 0.0383. The Morgan fingerprint density at radius 3 is 2.73 bits per heavy atom. The summed E-state index contributed by atoms with van der Waals surface area (Å²) >= 11 is 5.88. The Kier molecular flexibility index (Phi) is 6.76. The number of hydrogen-bond acceptors (Lipinski definition) is 6. The molecule has 3 rings (SSSR count). The summed E-state index contributed by atoms with van der Waals surface area (Å²) in [4.78, 5) is 23.0. The van der Waals surface area contributed by atoms with Crippen LogP contribution in [0.4, 0.5) is 5.95 Å². The Bertz CT molecular complexity index is 720. The molecule has 1 aromatic heterocycles. The van der Waals surface area contributed by atoms with Crippen molar-refractivity contribution < 1.29 is 9.53 Å². The smallest absolute Gasteiger partial charge is 0.270 e. The second-order valence-electron chi connectivity index (χ2n) is 5.96. The number of aromatic nitrogens is 2. The molecule has 0 unspecified atom stereocenters. The number of rotatable bonds is 7. The van der Waals surface area contributed by atoms with Gasteiger partial charge in [0.05, 0.1) is 13.2 Å². The normalized spacial score (nSPS) is 14.8. The SMILES string of the molecule is O=C(NCCN1CCOCC1)c1ccnc(NCc2ccc(Cl)cc2)n1. The number of halogens is 1. The molecule has 1 aliphatic rings. The molecule has 26 heavy (non-hydrogen) atoms. The van der Waals surface area contributed by atoms with Gasteiger partial charge in [-0.25, -0.2) is 9.97 Å². The first-order valence-electron chi connectivity index (χ1n) is 8.60. The molecular weight excluding hydrogens is 354 g/mol. The van der Waals surface area contributed by atoms with Crippen LogP contribution in [0.5, 0.6) is 0 Å². The van der Waals surface area contributed by atoms with Crippen LogP contribution < -0.4 is 10.6 Å². The van der Waals surface area contributed by atoms with Crippen molar-refractivity contribution in [3.05, 3.63) is 52.8 Å². The molecule has 0 spiro atoms. The Hall–Kier alpha value is -2.22. The molecule has 2 N–H and O–H groups in total. The van der Waals surface area contributed by atoms with E-state index in [2.05, 4.69) is 25.5 Å². The van der Waals surface area contributed by atoms with Gasteiger partial charge in [-0.2, -0.15) is 0 Å². The van der Waals surface area contributed by atoms with E-state index in [4.69, 9.17) is 16.3 Å². The standard InChI is InChI=1S/C18H22ClN5O2/c19-15-3-1-14(2-4-15)13-22-18-21-6-5-16(23-18)17(25)20-7-8-24-9-11-26-12-10-24/h1-6H,7-13H2,(H,20,25)(H,21,22,23). The average molecular weight is 376 g/mol. The van der Waals surface area contributed by atoms with Crippen LogP contribution in [0.1, 0.15) is 16.1 Å². The number of nitrogens with one attached hydrogen (secondary N) is 2. The van der Waals surface area contributed by atoms with Crippen LogP contribution in [0.2, 0.25) is 5.02 Å². The van der Waals surface area contributed by atoms with Crippen LogP contribution in [-0.4, -0.2) is 60.2 Å². The lowest BCUT2D eigenvalue weighted by atomic mass is 10.2. The third-order valence-corrected chi connectivity index (χ3v) is 4.32. The van der Waals surface area contributed by atoms with E-state index in [0.29, 0.717) is 29.8 Å². The molecule has 1 fully saturated rings. The van der Waals surface area contributed by atoms with Gasteiger partial charge in [0.2, 0.25) is 5.95 Å². The van der Waals surface area contributed by atoms with Gasteiger partial charge in [-0.1, -0.05) is 23.7 Å². The fourth-order valence-corrected chi connectivity index (χ4v) is 2.72. The van der Waals surface area contributed by atoms with Gasteiger partial charge < -0.3 is 15.4 Å². The molecule has 0 atom stereocenters. The lowest BCUT2D eigenvalue weighted by Gasteiger charge is -2.26. The first kappa shape index (κ1) is 18.6. The minimum Gasteiger partial charge on any atom is -0.379 e. The second-order valence-corrected chi connectivity index (χ2v) is 6.39. The topological polar surface area (TPSA) is 79.4 Å². The maximum Gasteiger partial charge on any atom is 0.270 e. The predicted molar refractivity (Wildman–Crippen MR) is 100 cm³/mol. The number of ether oxygens (including phenoxy) is 1. The summed E-state index contributed by atoms with van der Waals surface area (Å²) in [7, 11) is 0. The van der Waals surface area contributed by atoms with Gasteiger partial charge in [0.1, 0.15) is 5.69 Å². The first-order chi connectivity index (χ1) is 12.7. The number of amides is 1. The van der Waals surface area contributed by atoms with Crippen molar-refractivity contribution in [2.24, 2.45) is 0 Å². The summed E-state index contributed by atoms with van der Waals surface area (Å²) in [6.45, 7) is 5.26. The summed E-state index contributed by atoms with van der Waals surface area (Å²) in [6, 6.07) is 9.13. The molecule has 1 aliphatic heterocycles. The molecular formula is C18H22ClN5O2. The number of carbonyl (C=O) groups excluding carboxylic acids is 1. The fraction of sp³-hybridized carbons (Fsp3) is 0.389. The minimum absolute atomic E-state index is 0.199. The Balaban J connectivity index is 1.47. The summed E-state index contributed by atoms with van der Waals surface area (Å²) < 4.78 is 5.31. The van der Waals surface area contributed by atoms with E-state index in [-0.39, 0.29) is 5.91 Å².